The molecule has 1 fully saturated rings. The maximum atomic E-state index is 12.6. The summed E-state index contributed by atoms with van der Waals surface area (Å²) in [7, 11) is 0. The molecule has 10 heteroatoms. The van der Waals surface area contributed by atoms with Crippen molar-refractivity contribution >= 4 is 58.1 Å². The van der Waals surface area contributed by atoms with Crippen molar-refractivity contribution in [3.05, 3.63) is 63.0 Å². The lowest BCUT2D eigenvalue weighted by atomic mass is 10.2. The van der Waals surface area contributed by atoms with Gasteiger partial charge in [0.1, 0.15) is 6.61 Å². The fourth-order valence-electron chi connectivity index (χ4n) is 3.00. The number of benzene rings is 2. The maximum Gasteiger partial charge on any atom is 0.293 e. The summed E-state index contributed by atoms with van der Waals surface area (Å²) in [6, 6.07) is 12.0. The third-order valence-electron chi connectivity index (χ3n) is 4.55. The minimum absolute atomic E-state index is 0.0410. The van der Waals surface area contributed by atoms with E-state index < -0.39 is 17.3 Å². The molecule has 4 rings (SSSR count). The number of nitrogens with one attached hydrogen (secondary N) is 1. The van der Waals surface area contributed by atoms with E-state index >= 15 is 0 Å². The molecule has 7 nitrogen and oxygen atoms in total. The third-order valence-corrected chi connectivity index (χ3v) is 6.20. The minimum Gasteiger partial charge on any atom is -0.485 e. The number of halogens is 2. The molecule has 0 aliphatic carbocycles. The molecule has 160 valence electrons. The normalized spacial score (nSPS) is 19.1. The Morgan fingerprint density at radius 2 is 1.94 bits per heavy atom. The molecule has 1 unspecified atom stereocenters. The van der Waals surface area contributed by atoms with E-state index in [-0.39, 0.29) is 30.5 Å². The Bertz CT molecular complexity index is 1090. The Hall–Kier alpha value is -2.68. The van der Waals surface area contributed by atoms with Crippen LogP contribution in [-0.4, -0.2) is 47.8 Å². The molecule has 31 heavy (non-hydrogen) atoms. The molecule has 2 aliphatic heterocycles. The van der Waals surface area contributed by atoms with Crippen LogP contribution < -0.4 is 14.8 Å². The molecule has 0 bridgehead atoms. The van der Waals surface area contributed by atoms with Crippen molar-refractivity contribution in [3.8, 4) is 11.5 Å². The van der Waals surface area contributed by atoms with Crippen LogP contribution in [0, 0.1) is 0 Å². The summed E-state index contributed by atoms with van der Waals surface area (Å²) in [6.45, 7) is 0.217. The molecule has 1 atom stereocenters. The summed E-state index contributed by atoms with van der Waals surface area (Å²) >= 11 is 12.7. The number of imide groups is 1. The Morgan fingerprint density at radius 3 is 2.71 bits per heavy atom. The molecule has 0 saturated carbocycles. The van der Waals surface area contributed by atoms with Crippen LogP contribution in [0.5, 0.6) is 11.5 Å². The fourth-order valence-corrected chi connectivity index (χ4v) is 4.17. The highest BCUT2D eigenvalue weighted by Gasteiger charge is 2.35. The number of thioether (sulfide) groups is 1. The molecule has 0 radical (unpaired) electrons. The van der Waals surface area contributed by atoms with Crippen LogP contribution in [0.3, 0.4) is 0 Å². The lowest BCUT2D eigenvalue weighted by Gasteiger charge is -2.25. The van der Waals surface area contributed by atoms with Gasteiger partial charge in [-0.3, -0.25) is 19.3 Å². The molecule has 2 heterocycles. The topological polar surface area (TPSA) is 84.9 Å². The van der Waals surface area contributed by atoms with Crippen molar-refractivity contribution in [1.29, 1.82) is 0 Å². The van der Waals surface area contributed by atoms with Crippen molar-refractivity contribution in [2.75, 3.05) is 19.7 Å². The smallest absolute Gasteiger partial charge is 0.293 e. The number of hydrogen-bond donors (Lipinski definition) is 1. The molecular weight excluding hydrogens is 463 g/mol. The van der Waals surface area contributed by atoms with Gasteiger partial charge in [0.25, 0.3) is 17.1 Å². The van der Waals surface area contributed by atoms with Gasteiger partial charge in [-0.2, -0.15) is 0 Å². The van der Waals surface area contributed by atoms with Gasteiger partial charge in [-0.25, -0.2) is 0 Å². The van der Waals surface area contributed by atoms with Crippen LogP contribution in [-0.2, 0) is 9.59 Å². The monoisotopic (exact) mass is 478 g/mol. The Labute approximate surface area is 192 Å². The first-order chi connectivity index (χ1) is 14.9. The average molecular weight is 479 g/mol. The van der Waals surface area contributed by atoms with Crippen LogP contribution in [0.2, 0.25) is 10.0 Å². The highest BCUT2D eigenvalue weighted by atomic mass is 35.5. The van der Waals surface area contributed by atoms with Gasteiger partial charge in [-0.1, -0.05) is 41.4 Å². The molecule has 2 aromatic carbocycles. The van der Waals surface area contributed by atoms with Gasteiger partial charge in [0.05, 0.1) is 15.0 Å². The van der Waals surface area contributed by atoms with Crippen LogP contribution >= 0.6 is 35.0 Å². The molecule has 0 aromatic heterocycles. The predicted octanol–water partition coefficient (Wildman–Crippen LogP) is 3.99. The summed E-state index contributed by atoms with van der Waals surface area (Å²) in [5.74, 6) is 0.264. The van der Waals surface area contributed by atoms with Crippen molar-refractivity contribution in [3.63, 3.8) is 0 Å². The number of nitrogens with zero attached hydrogens (tertiary/aromatic N) is 1. The van der Waals surface area contributed by atoms with E-state index in [9.17, 15) is 14.4 Å². The molecule has 1 saturated heterocycles. The fraction of sp³-hybridized carbons (Fsp3) is 0.190. The zero-order valence-electron chi connectivity index (χ0n) is 16.0. The van der Waals surface area contributed by atoms with Crippen LogP contribution in [0.4, 0.5) is 4.79 Å². The van der Waals surface area contributed by atoms with Gasteiger partial charge < -0.3 is 14.8 Å². The zero-order valence-corrected chi connectivity index (χ0v) is 18.3. The largest absolute Gasteiger partial charge is 0.485 e. The number of rotatable bonds is 5. The predicted molar refractivity (Wildman–Crippen MR) is 119 cm³/mol. The van der Waals surface area contributed by atoms with Crippen molar-refractivity contribution in [2.45, 2.75) is 6.10 Å². The zero-order chi connectivity index (χ0) is 22.0. The first kappa shape index (κ1) is 21.5. The van der Waals surface area contributed by atoms with Gasteiger partial charge in [0.2, 0.25) is 6.10 Å². The van der Waals surface area contributed by atoms with E-state index in [1.165, 1.54) is 0 Å². The second kappa shape index (κ2) is 9.21. The molecule has 1 N–H and O–H groups in total. The Morgan fingerprint density at radius 1 is 1.16 bits per heavy atom. The van der Waals surface area contributed by atoms with Gasteiger partial charge in [0.15, 0.2) is 11.5 Å². The van der Waals surface area contributed by atoms with Crippen molar-refractivity contribution < 1.29 is 23.9 Å². The van der Waals surface area contributed by atoms with E-state index in [2.05, 4.69) is 5.32 Å². The number of carbonyl (C=O) groups is 3. The average Bonchev–Trinajstić information content (AvgIpc) is 3.03. The first-order valence-electron chi connectivity index (χ1n) is 9.29. The van der Waals surface area contributed by atoms with Gasteiger partial charge in [-0.15, -0.1) is 0 Å². The second-order valence-electron chi connectivity index (χ2n) is 6.66. The van der Waals surface area contributed by atoms with E-state index in [0.29, 0.717) is 27.1 Å². The van der Waals surface area contributed by atoms with E-state index in [1.54, 1.807) is 42.5 Å². The number of hydrogen-bond acceptors (Lipinski definition) is 6. The lowest BCUT2D eigenvalue weighted by molar-refractivity contribution is -0.131. The highest BCUT2D eigenvalue weighted by Crippen LogP contribution is 2.33. The number of amides is 3. The Kier molecular flexibility index (Phi) is 6.41. The van der Waals surface area contributed by atoms with Crippen LogP contribution in [0.1, 0.15) is 5.56 Å². The van der Waals surface area contributed by atoms with Crippen molar-refractivity contribution in [2.24, 2.45) is 0 Å². The summed E-state index contributed by atoms with van der Waals surface area (Å²) in [6.07, 6.45) is 0.774. The molecule has 2 aliphatic rings. The first-order valence-corrected chi connectivity index (χ1v) is 10.9. The highest BCUT2D eigenvalue weighted by molar-refractivity contribution is 8.18. The quantitative estimate of drug-likeness (QED) is 0.654. The SMILES string of the molecule is O=C(NCCN1C(=O)S/C(=C\c2ccc(Cl)c(Cl)c2)C1=O)C1COc2ccccc2O1. The molecular formula is C21H16Cl2N2O5S. The van der Waals surface area contributed by atoms with Gasteiger partial charge >= 0.3 is 0 Å². The van der Waals surface area contributed by atoms with Crippen LogP contribution in [0.25, 0.3) is 6.08 Å². The standard InChI is InChI=1S/C21H16Cl2N2O5S/c22-13-6-5-12(9-14(13)23)10-18-20(27)25(21(28)31-18)8-7-24-19(26)17-11-29-15-3-1-2-4-16(15)30-17/h1-6,9-10,17H,7-8,11H2,(H,24,26)/b18-10-. The second-order valence-corrected chi connectivity index (χ2v) is 8.47. The van der Waals surface area contributed by atoms with Gasteiger partial charge in [-0.05, 0) is 47.7 Å². The van der Waals surface area contributed by atoms with E-state index in [1.807, 2.05) is 6.07 Å². The minimum atomic E-state index is -0.806. The molecule has 0 spiro atoms. The summed E-state index contributed by atoms with van der Waals surface area (Å²) in [5.41, 5.74) is 0.655. The summed E-state index contributed by atoms with van der Waals surface area (Å²) < 4.78 is 11.2. The summed E-state index contributed by atoms with van der Waals surface area (Å²) in [4.78, 5) is 38.6. The van der Waals surface area contributed by atoms with E-state index in [0.717, 1.165) is 16.7 Å². The van der Waals surface area contributed by atoms with Crippen LogP contribution in [0.15, 0.2) is 47.4 Å². The third kappa shape index (κ3) is 4.81. The maximum absolute atomic E-state index is 12.6. The van der Waals surface area contributed by atoms with E-state index in [4.69, 9.17) is 32.7 Å². The number of ether oxygens (including phenoxy) is 2. The number of para-hydroxylation sites is 2. The molecule has 3 amide bonds. The van der Waals surface area contributed by atoms with Crippen molar-refractivity contribution in [1.82, 2.24) is 10.2 Å². The molecule has 2 aromatic rings. The summed E-state index contributed by atoms with van der Waals surface area (Å²) in [5, 5.41) is 3.03. The Balaban J connectivity index is 1.32. The van der Waals surface area contributed by atoms with Gasteiger partial charge in [0, 0.05) is 13.1 Å². The lowest BCUT2D eigenvalue weighted by Crippen LogP contribution is -2.46. The number of carbonyl (C=O) groups excluding carboxylic acids is 3. The number of fused-ring (bicyclic) bond motifs is 1.